The number of carbonyl (C=O) groups is 2. The summed E-state index contributed by atoms with van der Waals surface area (Å²) in [7, 11) is 0. The lowest BCUT2D eigenvalue weighted by Gasteiger charge is -2.11. The Kier molecular flexibility index (Phi) is 3.57. The second-order valence-electron chi connectivity index (χ2n) is 4.06. The third-order valence-electron chi connectivity index (χ3n) is 2.82. The predicted molar refractivity (Wildman–Crippen MR) is 68.3 cm³/mol. The van der Waals surface area contributed by atoms with Crippen molar-refractivity contribution in [1.29, 1.82) is 0 Å². The van der Waals surface area contributed by atoms with Gasteiger partial charge in [0.25, 0.3) is 0 Å². The number of hydrogen-bond donors (Lipinski definition) is 2. The topological polar surface area (TPSA) is 66.4 Å². The number of carbonyl (C=O) groups excluding carboxylic acids is 1. The molecular formula is C14H13NO3. The Balaban J connectivity index is 2.25. The van der Waals surface area contributed by atoms with Gasteiger partial charge in [0.2, 0.25) is 6.41 Å². The van der Waals surface area contributed by atoms with E-state index in [1.807, 2.05) is 42.5 Å². The zero-order valence-corrected chi connectivity index (χ0v) is 9.67. The number of hydrogen-bond acceptors (Lipinski definition) is 2. The van der Waals surface area contributed by atoms with Gasteiger partial charge in [-0.05, 0) is 16.3 Å². The average molecular weight is 243 g/mol. The standard InChI is InChI=1S/C14H13NO3/c16-9-15-13(14(17)18)8-10-5-6-11-3-1-2-4-12(11)7-10/h1-7,9,13H,8H2,(H,15,16)(H,17,18). The van der Waals surface area contributed by atoms with Gasteiger partial charge in [0, 0.05) is 6.42 Å². The van der Waals surface area contributed by atoms with Crippen LogP contribution < -0.4 is 5.32 Å². The largest absolute Gasteiger partial charge is 0.480 e. The molecule has 0 radical (unpaired) electrons. The van der Waals surface area contributed by atoms with Crippen molar-refractivity contribution in [2.75, 3.05) is 0 Å². The summed E-state index contributed by atoms with van der Waals surface area (Å²) >= 11 is 0. The van der Waals surface area contributed by atoms with Gasteiger partial charge in [-0.1, -0.05) is 42.5 Å². The third-order valence-corrected chi connectivity index (χ3v) is 2.82. The lowest BCUT2D eigenvalue weighted by atomic mass is 10.0. The van der Waals surface area contributed by atoms with Gasteiger partial charge in [-0.2, -0.15) is 0 Å². The van der Waals surface area contributed by atoms with Gasteiger partial charge in [-0.15, -0.1) is 0 Å². The summed E-state index contributed by atoms with van der Waals surface area (Å²) in [5.41, 5.74) is 0.885. The van der Waals surface area contributed by atoms with Crippen LogP contribution in [0.1, 0.15) is 5.56 Å². The molecule has 0 heterocycles. The molecule has 0 bridgehead atoms. The molecule has 0 fully saturated rings. The highest BCUT2D eigenvalue weighted by Crippen LogP contribution is 2.16. The van der Waals surface area contributed by atoms with E-state index in [4.69, 9.17) is 5.11 Å². The van der Waals surface area contributed by atoms with E-state index < -0.39 is 12.0 Å². The minimum Gasteiger partial charge on any atom is -0.480 e. The molecule has 2 N–H and O–H groups in total. The Bertz CT molecular complexity index is 580. The van der Waals surface area contributed by atoms with Crippen LogP contribution in [0.2, 0.25) is 0 Å². The van der Waals surface area contributed by atoms with Gasteiger partial charge < -0.3 is 10.4 Å². The van der Waals surface area contributed by atoms with Crippen LogP contribution >= 0.6 is 0 Å². The summed E-state index contributed by atoms with van der Waals surface area (Å²) in [4.78, 5) is 21.3. The van der Waals surface area contributed by atoms with Gasteiger partial charge in [0.05, 0.1) is 0 Å². The zero-order valence-electron chi connectivity index (χ0n) is 9.67. The number of nitrogens with one attached hydrogen (secondary N) is 1. The van der Waals surface area contributed by atoms with Crippen LogP contribution in [0.5, 0.6) is 0 Å². The molecule has 0 saturated heterocycles. The second-order valence-corrected chi connectivity index (χ2v) is 4.06. The van der Waals surface area contributed by atoms with Crippen LogP contribution in [-0.4, -0.2) is 23.5 Å². The summed E-state index contributed by atoms with van der Waals surface area (Å²) < 4.78 is 0. The van der Waals surface area contributed by atoms with Gasteiger partial charge >= 0.3 is 5.97 Å². The van der Waals surface area contributed by atoms with Crippen molar-refractivity contribution in [1.82, 2.24) is 5.32 Å². The number of benzene rings is 2. The highest BCUT2D eigenvalue weighted by atomic mass is 16.4. The van der Waals surface area contributed by atoms with Crippen LogP contribution in [0.4, 0.5) is 0 Å². The van der Waals surface area contributed by atoms with Crippen LogP contribution in [0.3, 0.4) is 0 Å². The highest BCUT2D eigenvalue weighted by Gasteiger charge is 2.16. The molecule has 0 aromatic heterocycles. The fourth-order valence-electron chi connectivity index (χ4n) is 1.90. The first-order chi connectivity index (χ1) is 8.70. The van der Waals surface area contributed by atoms with E-state index in [0.29, 0.717) is 6.41 Å². The number of carboxylic acid groups (broad SMARTS) is 1. The van der Waals surface area contributed by atoms with Crippen molar-refractivity contribution in [3.8, 4) is 0 Å². The van der Waals surface area contributed by atoms with E-state index in [9.17, 15) is 9.59 Å². The smallest absolute Gasteiger partial charge is 0.326 e. The number of rotatable bonds is 5. The number of fused-ring (bicyclic) bond motifs is 1. The molecule has 0 aliphatic rings. The molecule has 4 nitrogen and oxygen atoms in total. The lowest BCUT2D eigenvalue weighted by molar-refractivity contribution is -0.140. The van der Waals surface area contributed by atoms with Crippen molar-refractivity contribution >= 4 is 23.2 Å². The molecule has 2 aromatic carbocycles. The SMILES string of the molecule is O=CNC(Cc1ccc2ccccc2c1)C(=O)O. The molecule has 0 aliphatic carbocycles. The monoisotopic (exact) mass is 243 g/mol. The molecule has 0 spiro atoms. The minimum atomic E-state index is -1.03. The Morgan fingerprint density at radius 1 is 1.22 bits per heavy atom. The first kappa shape index (κ1) is 12.1. The molecule has 92 valence electrons. The van der Waals surface area contributed by atoms with Gasteiger partial charge in [-0.25, -0.2) is 4.79 Å². The van der Waals surface area contributed by atoms with E-state index in [0.717, 1.165) is 16.3 Å². The molecule has 2 rings (SSSR count). The van der Waals surface area contributed by atoms with E-state index in [-0.39, 0.29) is 6.42 Å². The normalized spacial score (nSPS) is 12.0. The number of aliphatic carboxylic acids is 1. The van der Waals surface area contributed by atoms with E-state index >= 15 is 0 Å². The molecule has 2 aromatic rings. The molecule has 18 heavy (non-hydrogen) atoms. The van der Waals surface area contributed by atoms with Gasteiger partial charge in [0.1, 0.15) is 6.04 Å². The van der Waals surface area contributed by atoms with Gasteiger partial charge in [0.15, 0.2) is 0 Å². The van der Waals surface area contributed by atoms with E-state index in [1.54, 1.807) is 0 Å². The van der Waals surface area contributed by atoms with E-state index in [1.165, 1.54) is 0 Å². The van der Waals surface area contributed by atoms with Crippen LogP contribution in [0.15, 0.2) is 42.5 Å². The molecule has 1 amide bonds. The first-order valence-corrected chi connectivity index (χ1v) is 5.61. The predicted octanol–water partition coefficient (Wildman–Crippen LogP) is 1.58. The Labute approximate surface area is 104 Å². The fourth-order valence-corrected chi connectivity index (χ4v) is 1.90. The molecule has 0 aliphatic heterocycles. The van der Waals surface area contributed by atoms with E-state index in [2.05, 4.69) is 5.32 Å². The number of carboxylic acids is 1. The van der Waals surface area contributed by atoms with Crippen molar-refractivity contribution in [2.45, 2.75) is 12.5 Å². The summed E-state index contributed by atoms with van der Waals surface area (Å²) in [6, 6.07) is 12.7. The maximum atomic E-state index is 10.9. The molecule has 1 unspecified atom stereocenters. The van der Waals surface area contributed by atoms with Crippen LogP contribution in [-0.2, 0) is 16.0 Å². The highest BCUT2D eigenvalue weighted by molar-refractivity contribution is 5.83. The Morgan fingerprint density at radius 3 is 2.61 bits per heavy atom. The zero-order chi connectivity index (χ0) is 13.0. The fraction of sp³-hybridized carbons (Fsp3) is 0.143. The second kappa shape index (κ2) is 5.31. The summed E-state index contributed by atoms with van der Waals surface area (Å²) in [6.45, 7) is 0. The first-order valence-electron chi connectivity index (χ1n) is 5.61. The molecular weight excluding hydrogens is 230 g/mol. The average Bonchev–Trinajstić information content (AvgIpc) is 2.38. The Hall–Kier alpha value is -2.36. The summed E-state index contributed by atoms with van der Waals surface area (Å²) in [5, 5.41) is 13.4. The Morgan fingerprint density at radius 2 is 1.94 bits per heavy atom. The third kappa shape index (κ3) is 2.66. The van der Waals surface area contributed by atoms with Crippen molar-refractivity contribution in [3.63, 3.8) is 0 Å². The quantitative estimate of drug-likeness (QED) is 0.783. The molecule has 0 saturated carbocycles. The summed E-state index contributed by atoms with van der Waals surface area (Å²) in [5.74, 6) is -1.03. The maximum absolute atomic E-state index is 10.9. The van der Waals surface area contributed by atoms with Crippen molar-refractivity contribution in [3.05, 3.63) is 48.0 Å². The van der Waals surface area contributed by atoms with Gasteiger partial charge in [-0.3, -0.25) is 4.79 Å². The number of amides is 1. The van der Waals surface area contributed by atoms with Crippen LogP contribution in [0, 0.1) is 0 Å². The summed E-state index contributed by atoms with van der Waals surface area (Å²) in [6.07, 6.45) is 0.693. The maximum Gasteiger partial charge on any atom is 0.326 e. The molecule has 4 heteroatoms. The van der Waals surface area contributed by atoms with Crippen molar-refractivity contribution < 1.29 is 14.7 Å². The minimum absolute atomic E-state index is 0.277. The van der Waals surface area contributed by atoms with Crippen molar-refractivity contribution in [2.24, 2.45) is 0 Å². The lowest BCUT2D eigenvalue weighted by Crippen LogP contribution is -2.37. The van der Waals surface area contributed by atoms with Crippen LogP contribution in [0.25, 0.3) is 10.8 Å². The molecule has 1 atom stereocenters.